The first-order valence-corrected chi connectivity index (χ1v) is 10.4. The molecule has 7 heteroatoms. The van der Waals surface area contributed by atoms with Crippen LogP contribution in [0.15, 0.2) is 41.1 Å². The Labute approximate surface area is 169 Å². The van der Waals surface area contributed by atoms with E-state index in [-0.39, 0.29) is 5.91 Å². The van der Waals surface area contributed by atoms with Crippen molar-refractivity contribution in [3.8, 4) is 11.8 Å². The topological polar surface area (TPSA) is 70.7 Å². The van der Waals surface area contributed by atoms with Crippen LogP contribution in [0.1, 0.15) is 45.6 Å². The zero-order chi connectivity index (χ0) is 18.8. The zero-order valence-electron chi connectivity index (χ0n) is 14.5. The molecule has 27 heavy (non-hydrogen) atoms. The predicted octanol–water partition coefficient (Wildman–Crippen LogP) is 5.09. The van der Waals surface area contributed by atoms with Gasteiger partial charge in [0.1, 0.15) is 11.1 Å². The molecule has 1 aromatic carbocycles. The van der Waals surface area contributed by atoms with Crippen molar-refractivity contribution in [2.45, 2.75) is 32.1 Å². The average Bonchev–Trinajstić information content (AvgIpc) is 3.21. The lowest BCUT2D eigenvalue weighted by molar-refractivity contribution is 0.102. The van der Waals surface area contributed by atoms with Crippen LogP contribution >= 0.6 is 27.3 Å². The summed E-state index contributed by atoms with van der Waals surface area (Å²) in [5, 5.41) is 17.5. The smallest absolute Gasteiger partial charge is 0.259 e. The van der Waals surface area contributed by atoms with E-state index in [1.807, 2.05) is 24.3 Å². The standard InChI is InChI=1S/C20H17BrN4OS/c21-14-6-8-15(9-7-14)25-12-13(11-23-25)19(26)24-20-17(10-22)16-4-2-1-3-5-18(16)27-20/h6-9,11-12H,1-5H2,(H,24,26). The molecule has 0 atom stereocenters. The maximum Gasteiger partial charge on any atom is 0.259 e. The zero-order valence-corrected chi connectivity index (χ0v) is 16.9. The van der Waals surface area contributed by atoms with Gasteiger partial charge in [0.25, 0.3) is 5.91 Å². The van der Waals surface area contributed by atoms with Crippen LogP contribution in [0.5, 0.6) is 0 Å². The summed E-state index contributed by atoms with van der Waals surface area (Å²) < 4.78 is 2.65. The molecular formula is C20H17BrN4OS. The molecular weight excluding hydrogens is 424 g/mol. The van der Waals surface area contributed by atoms with Crippen molar-refractivity contribution < 1.29 is 4.79 Å². The Hall–Kier alpha value is -2.43. The SMILES string of the molecule is N#Cc1c(NC(=O)c2cnn(-c3ccc(Br)cc3)c2)sc2c1CCCCC2. The number of carbonyl (C=O) groups is 1. The number of rotatable bonds is 3. The quantitative estimate of drug-likeness (QED) is 0.576. The molecule has 5 nitrogen and oxygen atoms in total. The van der Waals surface area contributed by atoms with Crippen molar-refractivity contribution in [1.29, 1.82) is 5.26 Å². The largest absolute Gasteiger partial charge is 0.312 e. The molecule has 2 heterocycles. The molecule has 1 N–H and O–H groups in total. The normalized spacial score (nSPS) is 13.5. The van der Waals surface area contributed by atoms with Gasteiger partial charge in [0.2, 0.25) is 0 Å². The van der Waals surface area contributed by atoms with E-state index in [9.17, 15) is 10.1 Å². The fourth-order valence-electron chi connectivity index (χ4n) is 3.30. The highest BCUT2D eigenvalue weighted by molar-refractivity contribution is 9.10. The summed E-state index contributed by atoms with van der Waals surface area (Å²) in [7, 11) is 0. The predicted molar refractivity (Wildman–Crippen MR) is 110 cm³/mol. The summed E-state index contributed by atoms with van der Waals surface area (Å²) in [6, 6.07) is 9.98. The second-order valence-corrected chi connectivity index (χ2v) is 8.51. The average molecular weight is 441 g/mol. The number of fused-ring (bicyclic) bond motifs is 1. The minimum Gasteiger partial charge on any atom is -0.312 e. The molecule has 1 aliphatic rings. The van der Waals surface area contributed by atoms with E-state index in [1.165, 1.54) is 11.3 Å². The first-order valence-electron chi connectivity index (χ1n) is 8.82. The molecule has 1 aliphatic carbocycles. The van der Waals surface area contributed by atoms with Gasteiger partial charge in [0.05, 0.1) is 23.0 Å². The number of hydrogen-bond donors (Lipinski definition) is 1. The molecule has 1 amide bonds. The van der Waals surface area contributed by atoms with E-state index in [1.54, 1.807) is 28.4 Å². The van der Waals surface area contributed by atoms with Gasteiger partial charge in [-0.15, -0.1) is 11.3 Å². The molecule has 4 rings (SSSR count). The number of hydrogen-bond acceptors (Lipinski definition) is 4. The summed E-state index contributed by atoms with van der Waals surface area (Å²) in [5.74, 6) is -0.244. The summed E-state index contributed by atoms with van der Waals surface area (Å²) in [4.78, 5) is 13.9. The molecule has 2 aromatic heterocycles. The second-order valence-electron chi connectivity index (χ2n) is 6.48. The molecule has 3 aromatic rings. The van der Waals surface area contributed by atoms with Gasteiger partial charge in [-0.1, -0.05) is 22.4 Å². The van der Waals surface area contributed by atoms with Gasteiger partial charge in [0, 0.05) is 15.5 Å². The van der Waals surface area contributed by atoms with Crippen LogP contribution in [-0.2, 0) is 12.8 Å². The molecule has 0 bridgehead atoms. The summed E-state index contributed by atoms with van der Waals surface area (Å²) in [5.41, 5.74) is 3.09. The number of nitrogens with zero attached hydrogens (tertiary/aromatic N) is 3. The lowest BCUT2D eigenvalue weighted by Gasteiger charge is -2.03. The molecule has 0 saturated carbocycles. The Morgan fingerprint density at radius 2 is 2.00 bits per heavy atom. The van der Waals surface area contributed by atoms with E-state index in [4.69, 9.17) is 0 Å². The Kier molecular flexibility index (Phi) is 5.10. The number of carbonyl (C=O) groups excluding carboxylic acids is 1. The van der Waals surface area contributed by atoms with E-state index < -0.39 is 0 Å². The van der Waals surface area contributed by atoms with Gasteiger partial charge >= 0.3 is 0 Å². The van der Waals surface area contributed by atoms with Crippen molar-refractivity contribution in [3.05, 3.63) is 62.7 Å². The number of thiophene rings is 1. The van der Waals surface area contributed by atoms with Crippen molar-refractivity contribution >= 4 is 38.2 Å². The van der Waals surface area contributed by atoms with E-state index >= 15 is 0 Å². The first-order chi connectivity index (χ1) is 13.2. The van der Waals surface area contributed by atoms with Gasteiger partial charge < -0.3 is 5.32 Å². The third kappa shape index (κ3) is 3.68. The number of aryl methyl sites for hydroxylation is 1. The van der Waals surface area contributed by atoms with Crippen LogP contribution in [0, 0.1) is 11.3 Å². The van der Waals surface area contributed by atoms with Crippen molar-refractivity contribution in [2.75, 3.05) is 5.32 Å². The Bertz CT molecular complexity index is 1030. The number of nitriles is 1. The highest BCUT2D eigenvalue weighted by atomic mass is 79.9. The van der Waals surface area contributed by atoms with Gasteiger partial charge in [-0.25, -0.2) is 4.68 Å². The second kappa shape index (κ2) is 7.67. The number of benzene rings is 1. The number of aromatic nitrogens is 2. The lowest BCUT2D eigenvalue weighted by atomic mass is 10.1. The molecule has 0 radical (unpaired) electrons. The third-order valence-electron chi connectivity index (χ3n) is 4.70. The maximum atomic E-state index is 12.7. The molecule has 0 aliphatic heterocycles. The van der Waals surface area contributed by atoms with Crippen LogP contribution in [0.3, 0.4) is 0 Å². The van der Waals surface area contributed by atoms with Gasteiger partial charge in [-0.3, -0.25) is 4.79 Å². The van der Waals surface area contributed by atoms with Crippen LogP contribution in [0.2, 0.25) is 0 Å². The van der Waals surface area contributed by atoms with E-state index in [0.29, 0.717) is 16.1 Å². The van der Waals surface area contributed by atoms with Crippen LogP contribution in [0.25, 0.3) is 5.69 Å². The molecule has 0 spiro atoms. The fraction of sp³-hybridized carbons (Fsp3) is 0.250. The Morgan fingerprint density at radius 1 is 1.22 bits per heavy atom. The van der Waals surface area contributed by atoms with E-state index in [2.05, 4.69) is 32.4 Å². The van der Waals surface area contributed by atoms with Gasteiger partial charge in [-0.2, -0.15) is 10.4 Å². The number of anilines is 1. The summed E-state index contributed by atoms with van der Waals surface area (Å²) in [6.45, 7) is 0. The van der Waals surface area contributed by atoms with Crippen molar-refractivity contribution in [3.63, 3.8) is 0 Å². The number of halogens is 1. The molecule has 0 unspecified atom stereocenters. The van der Waals surface area contributed by atoms with Crippen molar-refractivity contribution in [2.24, 2.45) is 0 Å². The highest BCUT2D eigenvalue weighted by Gasteiger charge is 2.21. The summed E-state index contributed by atoms with van der Waals surface area (Å²) >= 11 is 4.95. The third-order valence-corrected chi connectivity index (χ3v) is 6.43. The van der Waals surface area contributed by atoms with Gasteiger partial charge in [-0.05, 0) is 55.5 Å². The molecule has 0 saturated heterocycles. The fourth-order valence-corrected chi connectivity index (χ4v) is 4.80. The Morgan fingerprint density at radius 3 is 2.78 bits per heavy atom. The minimum atomic E-state index is -0.244. The Balaban J connectivity index is 1.57. The number of amides is 1. The highest BCUT2D eigenvalue weighted by Crippen LogP contribution is 2.37. The van der Waals surface area contributed by atoms with Crippen molar-refractivity contribution in [1.82, 2.24) is 9.78 Å². The van der Waals surface area contributed by atoms with Gasteiger partial charge in [0.15, 0.2) is 0 Å². The molecule has 136 valence electrons. The first kappa shape index (κ1) is 18.0. The van der Waals surface area contributed by atoms with Crippen LogP contribution in [0.4, 0.5) is 5.00 Å². The summed E-state index contributed by atoms with van der Waals surface area (Å²) in [6.07, 6.45) is 8.60. The lowest BCUT2D eigenvalue weighted by Crippen LogP contribution is -2.11. The van der Waals surface area contributed by atoms with Crippen LogP contribution < -0.4 is 5.32 Å². The number of nitrogens with one attached hydrogen (secondary N) is 1. The van der Waals surface area contributed by atoms with E-state index in [0.717, 1.165) is 41.4 Å². The minimum absolute atomic E-state index is 0.244. The molecule has 0 fully saturated rings. The van der Waals surface area contributed by atoms with Crippen LogP contribution in [-0.4, -0.2) is 15.7 Å². The monoisotopic (exact) mass is 440 g/mol. The maximum absolute atomic E-state index is 12.7.